The van der Waals surface area contributed by atoms with Crippen LogP contribution in [0, 0.1) is 0 Å². The Morgan fingerprint density at radius 3 is 2.65 bits per heavy atom. The average Bonchev–Trinajstić information content (AvgIpc) is 2.64. The Bertz CT molecular complexity index is 325. The van der Waals surface area contributed by atoms with Crippen molar-refractivity contribution in [1.82, 2.24) is 10.2 Å². The minimum atomic E-state index is 0.563. The van der Waals surface area contributed by atoms with Crippen molar-refractivity contribution in [2.75, 3.05) is 13.6 Å². The van der Waals surface area contributed by atoms with E-state index in [0.717, 1.165) is 13.1 Å². The van der Waals surface area contributed by atoms with Crippen LogP contribution in [0.5, 0.6) is 0 Å². The zero-order valence-corrected chi connectivity index (χ0v) is 13.6. The molecule has 1 rings (SSSR count). The van der Waals surface area contributed by atoms with E-state index in [0.29, 0.717) is 12.1 Å². The first-order chi connectivity index (χ1) is 8.02. The Labute approximate surface area is 118 Å². The summed E-state index contributed by atoms with van der Waals surface area (Å²) in [6, 6.07) is 3.38. The first-order valence-electron chi connectivity index (χ1n) is 6.19. The van der Waals surface area contributed by atoms with Crippen LogP contribution in [0.2, 0.25) is 0 Å². The molecule has 1 atom stereocenters. The van der Waals surface area contributed by atoms with Gasteiger partial charge in [-0.05, 0) is 35.5 Å². The second kappa shape index (κ2) is 7.52. The highest BCUT2D eigenvalue weighted by atomic mass is 79.9. The van der Waals surface area contributed by atoms with Crippen LogP contribution in [-0.2, 0) is 6.54 Å². The lowest BCUT2D eigenvalue weighted by atomic mass is 10.2. The summed E-state index contributed by atoms with van der Waals surface area (Å²) in [5.74, 6) is 0. The Hall–Kier alpha value is 0.1000. The van der Waals surface area contributed by atoms with Crippen molar-refractivity contribution in [3.63, 3.8) is 0 Å². The van der Waals surface area contributed by atoms with Gasteiger partial charge in [0, 0.05) is 39.9 Å². The minimum Gasteiger partial charge on any atom is -0.313 e. The smallest absolute Gasteiger partial charge is 0.0328 e. The zero-order valence-electron chi connectivity index (χ0n) is 11.2. The number of halogens is 1. The Balaban J connectivity index is 2.45. The minimum absolute atomic E-state index is 0.563. The highest BCUT2D eigenvalue weighted by molar-refractivity contribution is 9.10. The second-order valence-electron chi connectivity index (χ2n) is 4.77. The van der Waals surface area contributed by atoms with Crippen molar-refractivity contribution in [2.45, 2.75) is 45.8 Å². The molecule has 2 nitrogen and oxygen atoms in total. The van der Waals surface area contributed by atoms with Crippen LogP contribution in [0.1, 0.15) is 32.1 Å². The molecule has 0 aliphatic carbocycles. The maximum absolute atomic E-state index is 3.52. The largest absolute Gasteiger partial charge is 0.313 e. The number of hydrogen-bond acceptors (Lipinski definition) is 3. The number of likely N-dealkylation sites (N-methyl/N-ethyl adjacent to an activating group) is 1. The summed E-state index contributed by atoms with van der Waals surface area (Å²) in [7, 11) is 2.21. The van der Waals surface area contributed by atoms with E-state index in [2.05, 4.69) is 65.4 Å². The molecule has 17 heavy (non-hydrogen) atoms. The SMILES string of the molecule is CCC(CNC(C)C)N(C)Cc1cc(Br)cs1. The van der Waals surface area contributed by atoms with E-state index in [4.69, 9.17) is 0 Å². The maximum atomic E-state index is 3.52. The highest BCUT2D eigenvalue weighted by Gasteiger charge is 2.13. The molecule has 0 aliphatic rings. The van der Waals surface area contributed by atoms with Gasteiger partial charge in [-0.1, -0.05) is 20.8 Å². The third-order valence-corrected chi connectivity index (χ3v) is 4.57. The van der Waals surface area contributed by atoms with Gasteiger partial charge >= 0.3 is 0 Å². The van der Waals surface area contributed by atoms with Gasteiger partial charge in [0.2, 0.25) is 0 Å². The third-order valence-electron chi connectivity index (χ3n) is 2.88. The van der Waals surface area contributed by atoms with Crippen LogP contribution in [0.3, 0.4) is 0 Å². The maximum Gasteiger partial charge on any atom is 0.0328 e. The van der Waals surface area contributed by atoms with Crippen molar-refractivity contribution in [1.29, 1.82) is 0 Å². The molecule has 1 N–H and O–H groups in total. The van der Waals surface area contributed by atoms with Gasteiger partial charge in [0.25, 0.3) is 0 Å². The fourth-order valence-electron chi connectivity index (χ4n) is 1.80. The molecule has 0 saturated carbocycles. The summed E-state index contributed by atoms with van der Waals surface area (Å²) in [5, 5.41) is 5.67. The molecule has 98 valence electrons. The highest BCUT2D eigenvalue weighted by Crippen LogP contribution is 2.21. The molecule has 0 aromatic carbocycles. The van der Waals surface area contributed by atoms with Crippen molar-refractivity contribution in [2.24, 2.45) is 0 Å². The molecule has 0 spiro atoms. The lowest BCUT2D eigenvalue weighted by molar-refractivity contribution is 0.220. The van der Waals surface area contributed by atoms with E-state index >= 15 is 0 Å². The predicted molar refractivity (Wildman–Crippen MR) is 80.7 cm³/mol. The first-order valence-corrected chi connectivity index (χ1v) is 7.86. The van der Waals surface area contributed by atoms with Gasteiger partial charge < -0.3 is 5.32 Å². The van der Waals surface area contributed by atoms with Crippen LogP contribution in [0.4, 0.5) is 0 Å². The molecule has 4 heteroatoms. The second-order valence-corrected chi connectivity index (χ2v) is 6.68. The van der Waals surface area contributed by atoms with E-state index in [1.807, 2.05) is 11.3 Å². The van der Waals surface area contributed by atoms with Crippen LogP contribution >= 0.6 is 27.3 Å². The van der Waals surface area contributed by atoms with Crippen LogP contribution in [0.25, 0.3) is 0 Å². The number of nitrogens with zero attached hydrogens (tertiary/aromatic N) is 1. The number of nitrogens with one attached hydrogen (secondary N) is 1. The summed E-state index contributed by atoms with van der Waals surface area (Å²) in [5.41, 5.74) is 0. The zero-order chi connectivity index (χ0) is 12.8. The van der Waals surface area contributed by atoms with Crippen molar-refractivity contribution in [3.8, 4) is 0 Å². The summed E-state index contributed by atoms with van der Waals surface area (Å²) in [6.45, 7) is 8.76. The van der Waals surface area contributed by atoms with Gasteiger partial charge in [-0.15, -0.1) is 11.3 Å². The van der Waals surface area contributed by atoms with Crippen molar-refractivity contribution < 1.29 is 0 Å². The molecule has 0 bridgehead atoms. The van der Waals surface area contributed by atoms with E-state index in [1.54, 1.807) is 0 Å². The quantitative estimate of drug-likeness (QED) is 0.824. The van der Waals surface area contributed by atoms with Gasteiger partial charge in [0.1, 0.15) is 0 Å². The van der Waals surface area contributed by atoms with Crippen LogP contribution in [0.15, 0.2) is 15.9 Å². The van der Waals surface area contributed by atoms with E-state index in [9.17, 15) is 0 Å². The predicted octanol–water partition coefficient (Wildman–Crippen LogP) is 3.72. The van der Waals surface area contributed by atoms with Gasteiger partial charge in [-0.3, -0.25) is 4.90 Å². The van der Waals surface area contributed by atoms with E-state index in [-0.39, 0.29) is 0 Å². The van der Waals surface area contributed by atoms with Gasteiger partial charge in [-0.2, -0.15) is 0 Å². The lowest BCUT2D eigenvalue weighted by Gasteiger charge is -2.27. The summed E-state index contributed by atoms with van der Waals surface area (Å²) >= 11 is 5.33. The topological polar surface area (TPSA) is 15.3 Å². The van der Waals surface area contributed by atoms with Gasteiger partial charge in [-0.25, -0.2) is 0 Å². The average molecular weight is 319 g/mol. The lowest BCUT2D eigenvalue weighted by Crippen LogP contribution is -2.41. The van der Waals surface area contributed by atoms with Gasteiger partial charge in [0.15, 0.2) is 0 Å². The molecular weight excluding hydrogens is 296 g/mol. The van der Waals surface area contributed by atoms with Gasteiger partial charge in [0.05, 0.1) is 0 Å². The Morgan fingerprint density at radius 2 is 2.18 bits per heavy atom. The van der Waals surface area contributed by atoms with E-state index < -0.39 is 0 Å². The molecule has 1 unspecified atom stereocenters. The fraction of sp³-hybridized carbons (Fsp3) is 0.692. The van der Waals surface area contributed by atoms with Crippen LogP contribution in [-0.4, -0.2) is 30.6 Å². The molecule has 0 aliphatic heterocycles. The number of thiophene rings is 1. The monoisotopic (exact) mass is 318 g/mol. The van der Waals surface area contributed by atoms with Crippen LogP contribution < -0.4 is 5.32 Å². The van der Waals surface area contributed by atoms with Crippen molar-refractivity contribution in [3.05, 3.63) is 20.8 Å². The normalized spacial score (nSPS) is 13.6. The molecule has 1 aromatic rings. The molecule has 1 heterocycles. The molecule has 0 saturated heterocycles. The first kappa shape index (κ1) is 15.2. The summed E-state index contributed by atoms with van der Waals surface area (Å²) < 4.78 is 1.19. The molecule has 0 radical (unpaired) electrons. The van der Waals surface area contributed by atoms with Crippen molar-refractivity contribution >= 4 is 27.3 Å². The molecule has 1 aromatic heterocycles. The summed E-state index contributed by atoms with van der Waals surface area (Å²) in [4.78, 5) is 3.86. The fourth-order valence-corrected chi connectivity index (χ4v) is 3.31. The standard InChI is InChI=1S/C13H23BrN2S/c1-5-12(7-15-10(2)3)16(4)8-13-6-11(14)9-17-13/h6,9-10,12,15H,5,7-8H2,1-4H3. The van der Waals surface area contributed by atoms with E-state index in [1.165, 1.54) is 15.8 Å². The third kappa shape index (κ3) is 5.51. The summed E-state index contributed by atoms with van der Waals surface area (Å²) in [6.07, 6.45) is 1.18. The number of hydrogen-bond donors (Lipinski definition) is 1. The molecule has 0 fully saturated rings. The Kier molecular flexibility index (Phi) is 6.70. The molecular formula is C13H23BrN2S. The number of rotatable bonds is 7. The molecule has 0 amide bonds. The Morgan fingerprint density at radius 1 is 1.47 bits per heavy atom.